The maximum atomic E-state index is 13.3. The third kappa shape index (κ3) is 4.35. The van der Waals surface area contributed by atoms with Crippen molar-refractivity contribution in [2.45, 2.75) is 19.4 Å². The molecule has 1 N–H and O–H groups in total. The number of nitrogens with zero attached hydrogens (tertiary/aromatic N) is 1. The van der Waals surface area contributed by atoms with Crippen LogP contribution in [0.15, 0.2) is 48.5 Å². The lowest BCUT2D eigenvalue weighted by Gasteiger charge is -2.17. The third-order valence-corrected chi connectivity index (χ3v) is 3.97. The summed E-state index contributed by atoms with van der Waals surface area (Å²) >= 11 is 0. The molecule has 0 saturated carbocycles. The summed E-state index contributed by atoms with van der Waals surface area (Å²) in [5.41, 5.74) is 1.54. The average Bonchev–Trinajstić information content (AvgIpc) is 2.93. The molecule has 0 spiro atoms. The number of rotatable bonds is 5. The standard InChI is InChI=1S/C19H19FN2O3/c1-13-4-2-7-17(8-13)25-12-18(23)21-15-10-19(24)22(11-15)16-6-3-5-14(20)9-16/h2-9,15H,10-12H2,1H3,(H,21,23)/t15-/m1/s1. The fourth-order valence-electron chi connectivity index (χ4n) is 2.82. The zero-order valence-electron chi connectivity index (χ0n) is 13.9. The Labute approximate surface area is 145 Å². The smallest absolute Gasteiger partial charge is 0.258 e. The molecule has 0 aromatic heterocycles. The lowest BCUT2D eigenvalue weighted by Crippen LogP contribution is -2.39. The van der Waals surface area contributed by atoms with Gasteiger partial charge >= 0.3 is 0 Å². The molecule has 1 saturated heterocycles. The van der Waals surface area contributed by atoms with Crippen LogP contribution in [0, 0.1) is 12.7 Å². The van der Waals surface area contributed by atoms with E-state index in [1.165, 1.54) is 17.0 Å². The number of carbonyl (C=O) groups is 2. The van der Waals surface area contributed by atoms with Crippen LogP contribution in [-0.4, -0.2) is 31.0 Å². The van der Waals surface area contributed by atoms with Crippen LogP contribution in [0.1, 0.15) is 12.0 Å². The van der Waals surface area contributed by atoms with Crippen LogP contribution in [0.3, 0.4) is 0 Å². The van der Waals surface area contributed by atoms with E-state index in [-0.39, 0.29) is 30.9 Å². The fourth-order valence-corrected chi connectivity index (χ4v) is 2.82. The molecule has 2 aromatic rings. The third-order valence-electron chi connectivity index (χ3n) is 3.97. The van der Waals surface area contributed by atoms with Crippen LogP contribution >= 0.6 is 0 Å². The maximum Gasteiger partial charge on any atom is 0.258 e. The number of aryl methyl sites for hydroxylation is 1. The highest BCUT2D eigenvalue weighted by atomic mass is 19.1. The van der Waals surface area contributed by atoms with Gasteiger partial charge in [-0.2, -0.15) is 0 Å². The fraction of sp³-hybridized carbons (Fsp3) is 0.263. The molecule has 0 aliphatic carbocycles. The minimum Gasteiger partial charge on any atom is -0.484 e. The molecular formula is C19H19FN2O3. The highest BCUT2D eigenvalue weighted by Crippen LogP contribution is 2.22. The van der Waals surface area contributed by atoms with E-state index >= 15 is 0 Å². The SMILES string of the molecule is Cc1cccc(OCC(=O)N[C@@H]2CC(=O)N(c3cccc(F)c3)C2)c1. The Hall–Kier alpha value is -2.89. The Morgan fingerprint density at radius 1 is 1.28 bits per heavy atom. The van der Waals surface area contributed by atoms with Crippen molar-refractivity contribution in [2.75, 3.05) is 18.1 Å². The Bertz CT molecular complexity index is 794. The van der Waals surface area contributed by atoms with Crippen molar-refractivity contribution in [2.24, 2.45) is 0 Å². The van der Waals surface area contributed by atoms with E-state index in [1.807, 2.05) is 25.1 Å². The summed E-state index contributed by atoms with van der Waals surface area (Å²) in [6.45, 7) is 2.14. The van der Waals surface area contributed by atoms with Crippen LogP contribution in [0.2, 0.25) is 0 Å². The van der Waals surface area contributed by atoms with Crippen molar-refractivity contribution in [3.8, 4) is 5.75 Å². The summed E-state index contributed by atoms with van der Waals surface area (Å²) in [5.74, 6) is -0.209. The number of hydrogen-bond acceptors (Lipinski definition) is 3. The van der Waals surface area contributed by atoms with Gasteiger partial charge in [-0.1, -0.05) is 18.2 Å². The summed E-state index contributed by atoms with van der Waals surface area (Å²) in [5, 5.41) is 2.79. The summed E-state index contributed by atoms with van der Waals surface area (Å²) in [7, 11) is 0. The molecule has 0 bridgehead atoms. The molecular weight excluding hydrogens is 323 g/mol. The molecule has 130 valence electrons. The summed E-state index contributed by atoms with van der Waals surface area (Å²) in [4.78, 5) is 25.6. The van der Waals surface area contributed by atoms with Gasteiger partial charge in [0.25, 0.3) is 5.91 Å². The molecule has 6 heteroatoms. The van der Waals surface area contributed by atoms with Gasteiger partial charge in [0.05, 0.1) is 6.04 Å². The molecule has 1 fully saturated rings. The highest BCUT2D eigenvalue weighted by molar-refractivity contribution is 5.96. The van der Waals surface area contributed by atoms with Gasteiger partial charge in [-0.3, -0.25) is 9.59 Å². The second-order valence-corrected chi connectivity index (χ2v) is 6.06. The Morgan fingerprint density at radius 3 is 2.84 bits per heavy atom. The van der Waals surface area contributed by atoms with Crippen LogP contribution < -0.4 is 15.0 Å². The van der Waals surface area contributed by atoms with Gasteiger partial charge in [0.2, 0.25) is 5.91 Å². The van der Waals surface area contributed by atoms with Gasteiger partial charge in [0.1, 0.15) is 11.6 Å². The second kappa shape index (κ2) is 7.34. The van der Waals surface area contributed by atoms with Crippen molar-refractivity contribution >= 4 is 17.5 Å². The first-order chi connectivity index (χ1) is 12.0. The number of anilines is 1. The lowest BCUT2D eigenvalue weighted by atomic mass is 10.2. The van der Waals surface area contributed by atoms with Crippen LogP contribution in [0.4, 0.5) is 10.1 Å². The van der Waals surface area contributed by atoms with Gasteiger partial charge < -0.3 is 15.0 Å². The van der Waals surface area contributed by atoms with Crippen molar-refractivity contribution in [3.05, 3.63) is 59.9 Å². The first-order valence-electron chi connectivity index (χ1n) is 8.06. The summed E-state index contributed by atoms with van der Waals surface area (Å²) < 4.78 is 18.8. The van der Waals surface area contributed by atoms with Crippen LogP contribution in [0.25, 0.3) is 0 Å². The van der Waals surface area contributed by atoms with E-state index in [1.54, 1.807) is 18.2 Å². The zero-order valence-corrected chi connectivity index (χ0v) is 13.9. The quantitative estimate of drug-likeness (QED) is 0.908. The van der Waals surface area contributed by atoms with Gasteiger partial charge in [-0.05, 0) is 42.8 Å². The van der Waals surface area contributed by atoms with Gasteiger partial charge in [0.15, 0.2) is 6.61 Å². The molecule has 5 nitrogen and oxygen atoms in total. The number of benzene rings is 2. The number of nitrogens with one attached hydrogen (secondary N) is 1. The molecule has 0 unspecified atom stereocenters. The van der Waals surface area contributed by atoms with E-state index < -0.39 is 5.82 Å². The molecule has 1 aliphatic heterocycles. The van der Waals surface area contributed by atoms with Gasteiger partial charge in [-0.25, -0.2) is 4.39 Å². The average molecular weight is 342 g/mol. The van der Waals surface area contributed by atoms with Crippen molar-refractivity contribution in [1.82, 2.24) is 5.32 Å². The van der Waals surface area contributed by atoms with E-state index in [2.05, 4.69) is 5.32 Å². The topological polar surface area (TPSA) is 58.6 Å². The summed E-state index contributed by atoms with van der Waals surface area (Å²) in [6, 6.07) is 13.0. The second-order valence-electron chi connectivity index (χ2n) is 6.06. The van der Waals surface area contributed by atoms with E-state index in [4.69, 9.17) is 4.74 Å². The minimum absolute atomic E-state index is 0.117. The Morgan fingerprint density at radius 2 is 2.08 bits per heavy atom. The molecule has 1 atom stereocenters. The molecule has 1 heterocycles. The molecule has 1 aliphatic rings. The summed E-state index contributed by atoms with van der Waals surface area (Å²) in [6.07, 6.45) is 0.187. The Balaban J connectivity index is 1.53. The number of halogens is 1. The van der Waals surface area contributed by atoms with E-state index in [0.29, 0.717) is 18.0 Å². The largest absolute Gasteiger partial charge is 0.484 e. The van der Waals surface area contributed by atoms with Gasteiger partial charge in [-0.15, -0.1) is 0 Å². The number of carbonyl (C=O) groups excluding carboxylic acids is 2. The predicted octanol–water partition coefficient (Wildman–Crippen LogP) is 2.43. The highest BCUT2D eigenvalue weighted by Gasteiger charge is 2.31. The minimum atomic E-state index is -0.399. The molecule has 2 aromatic carbocycles. The van der Waals surface area contributed by atoms with Crippen LogP contribution in [0.5, 0.6) is 5.75 Å². The lowest BCUT2D eigenvalue weighted by molar-refractivity contribution is -0.123. The Kier molecular flexibility index (Phi) is 4.97. The van der Waals surface area contributed by atoms with Crippen molar-refractivity contribution in [3.63, 3.8) is 0 Å². The van der Waals surface area contributed by atoms with E-state index in [0.717, 1.165) is 5.56 Å². The normalized spacial score (nSPS) is 16.8. The predicted molar refractivity (Wildman–Crippen MR) is 92.0 cm³/mol. The number of ether oxygens (including phenoxy) is 1. The van der Waals surface area contributed by atoms with E-state index in [9.17, 15) is 14.0 Å². The maximum absolute atomic E-state index is 13.3. The zero-order chi connectivity index (χ0) is 17.8. The molecule has 25 heavy (non-hydrogen) atoms. The van der Waals surface area contributed by atoms with Crippen LogP contribution in [-0.2, 0) is 9.59 Å². The monoisotopic (exact) mass is 342 g/mol. The molecule has 2 amide bonds. The van der Waals surface area contributed by atoms with Crippen molar-refractivity contribution in [1.29, 1.82) is 0 Å². The molecule has 3 rings (SSSR count). The first-order valence-corrected chi connectivity index (χ1v) is 8.06. The van der Waals surface area contributed by atoms with Gasteiger partial charge in [0, 0.05) is 18.7 Å². The van der Waals surface area contributed by atoms with Crippen molar-refractivity contribution < 1.29 is 18.7 Å². The number of hydrogen-bond donors (Lipinski definition) is 1. The molecule has 0 radical (unpaired) electrons. The number of amides is 2. The first kappa shape index (κ1) is 17.0.